The third-order valence-corrected chi connectivity index (χ3v) is 3.92. The summed E-state index contributed by atoms with van der Waals surface area (Å²) in [5, 5.41) is 6.33. The summed E-state index contributed by atoms with van der Waals surface area (Å²) in [5.74, 6) is 0.809. The first-order chi connectivity index (χ1) is 10.7. The fourth-order valence-electron chi connectivity index (χ4n) is 2.53. The molecule has 2 rings (SSSR count). The van der Waals surface area contributed by atoms with E-state index in [1.54, 1.807) is 7.05 Å². The molecular weight excluding hydrogens is 276 g/mol. The lowest BCUT2D eigenvalue weighted by Gasteiger charge is -2.27. The van der Waals surface area contributed by atoms with Crippen molar-refractivity contribution in [3.63, 3.8) is 0 Å². The van der Waals surface area contributed by atoms with Gasteiger partial charge in [-0.3, -0.25) is 9.79 Å². The van der Waals surface area contributed by atoms with Crippen LogP contribution in [0.4, 0.5) is 0 Å². The standard InChI is InChI=1S/C17H26N4O/c1-14-6-8-15(9-7-14)12-19-17(18-2)20-13-16(22)21-10-4-3-5-11-21/h6-9H,3-5,10-13H2,1-2H3,(H2,18,19,20). The van der Waals surface area contributed by atoms with Crippen LogP contribution in [0.2, 0.25) is 0 Å². The fourth-order valence-corrected chi connectivity index (χ4v) is 2.53. The second-order valence-electron chi connectivity index (χ2n) is 5.71. The van der Waals surface area contributed by atoms with E-state index in [2.05, 4.69) is 46.8 Å². The molecule has 0 aromatic heterocycles. The van der Waals surface area contributed by atoms with Gasteiger partial charge in [0.25, 0.3) is 0 Å². The van der Waals surface area contributed by atoms with Gasteiger partial charge >= 0.3 is 0 Å². The molecule has 0 bridgehead atoms. The average molecular weight is 302 g/mol. The number of carbonyl (C=O) groups excluding carboxylic acids is 1. The number of aliphatic imine (C=N–C) groups is 1. The van der Waals surface area contributed by atoms with E-state index in [0.29, 0.717) is 19.0 Å². The van der Waals surface area contributed by atoms with Gasteiger partial charge in [-0.1, -0.05) is 29.8 Å². The summed E-state index contributed by atoms with van der Waals surface area (Å²) in [6.45, 7) is 4.83. The van der Waals surface area contributed by atoms with Crippen LogP contribution < -0.4 is 10.6 Å². The predicted octanol–water partition coefficient (Wildman–Crippen LogP) is 1.67. The summed E-state index contributed by atoms with van der Waals surface area (Å²) >= 11 is 0. The van der Waals surface area contributed by atoms with E-state index in [1.807, 2.05) is 4.90 Å². The largest absolute Gasteiger partial charge is 0.352 e. The van der Waals surface area contributed by atoms with E-state index in [1.165, 1.54) is 17.5 Å². The van der Waals surface area contributed by atoms with Crippen LogP contribution in [0.5, 0.6) is 0 Å². The van der Waals surface area contributed by atoms with Crippen LogP contribution in [0, 0.1) is 6.92 Å². The van der Waals surface area contributed by atoms with Gasteiger partial charge in [-0.05, 0) is 31.7 Å². The third kappa shape index (κ3) is 5.06. The Labute approximate surface area is 132 Å². The van der Waals surface area contributed by atoms with Gasteiger partial charge in [-0.25, -0.2) is 0 Å². The molecule has 0 aliphatic carbocycles. The highest BCUT2D eigenvalue weighted by atomic mass is 16.2. The molecule has 1 fully saturated rings. The number of carbonyl (C=O) groups is 1. The molecule has 1 amide bonds. The van der Waals surface area contributed by atoms with Gasteiger partial charge < -0.3 is 15.5 Å². The highest BCUT2D eigenvalue weighted by molar-refractivity contribution is 5.86. The van der Waals surface area contributed by atoms with E-state index in [0.717, 1.165) is 25.9 Å². The summed E-state index contributed by atoms with van der Waals surface area (Å²) < 4.78 is 0. The van der Waals surface area contributed by atoms with Gasteiger partial charge in [-0.2, -0.15) is 0 Å². The molecule has 22 heavy (non-hydrogen) atoms. The summed E-state index contributed by atoms with van der Waals surface area (Å²) in [7, 11) is 1.72. The smallest absolute Gasteiger partial charge is 0.241 e. The molecule has 120 valence electrons. The Hall–Kier alpha value is -2.04. The lowest BCUT2D eigenvalue weighted by Crippen LogP contribution is -2.45. The highest BCUT2D eigenvalue weighted by Crippen LogP contribution is 2.08. The maximum Gasteiger partial charge on any atom is 0.241 e. The van der Waals surface area contributed by atoms with Crippen LogP contribution in [-0.4, -0.2) is 43.4 Å². The van der Waals surface area contributed by atoms with Crippen LogP contribution in [0.3, 0.4) is 0 Å². The molecule has 1 aliphatic heterocycles. The van der Waals surface area contributed by atoms with Crippen molar-refractivity contribution in [1.29, 1.82) is 0 Å². The summed E-state index contributed by atoms with van der Waals surface area (Å²) in [6.07, 6.45) is 3.47. The maximum absolute atomic E-state index is 12.1. The highest BCUT2D eigenvalue weighted by Gasteiger charge is 2.16. The number of amides is 1. The molecule has 1 aromatic rings. The summed E-state index contributed by atoms with van der Waals surface area (Å²) in [6, 6.07) is 8.36. The Morgan fingerprint density at radius 2 is 1.82 bits per heavy atom. The Kier molecular flexibility index (Phi) is 6.25. The number of piperidine rings is 1. The van der Waals surface area contributed by atoms with Crippen molar-refractivity contribution in [2.24, 2.45) is 4.99 Å². The van der Waals surface area contributed by atoms with E-state index in [4.69, 9.17) is 0 Å². The molecule has 0 unspecified atom stereocenters. The van der Waals surface area contributed by atoms with Crippen molar-refractivity contribution in [3.8, 4) is 0 Å². The van der Waals surface area contributed by atoms with Crippen LogP contribution in [0.1, 0.15) is 30.4 Å². The Bertz CT molecular complexity index is 504. The predicted molar refractivity (Wildman–Crippen MR) is 89.8 cm³/mol. The first-order valence-corrected chi connectivity index (χ1v) is 7.97. The number of nitrogens with one attached hydrogen (secondary N) is 2. The molecule has 0 saturated carbocycles. The van der Waals surface area contributed by atoms with Crippen LogP contribution in [-0.2, 0) is 11.3 Å². The zero-order chi connectivity index (χ0) is 15.8. The topological polar surface area (TPSA) is 56.7 Å². The van der Waals surface area contributed by atoms with Crippen molar-refractivity contribution < 1.29 is 4.79 Å². The minimum Gasteiger partial charge on any atom is -0.352 e. The number of benzene rings is 1. The number of hydrogen-bond donors (Lipinski definition) is 2. The molecule has 5 nitrogen and oxygen atoms in total. The van der Waals surface area contributed by atoms with Crippen molar-refractivity contribution in [2.45, 2.75) is 32.7 Å². The minimum absolute atomic E-state index is 0.151. The maximum atomic E-state index is 12.1. The van der Waals surface area contributed by atoms with Gasteiger partial charge in [0.2, 0.25) is 5.91 Å². The molecule has 0 atom stereocenters. The molecule has 0 radical (unpaired) electrons. The molecule has 1 saturated heterocycles. The van der Waals surface area contributed by atoms with Crippen molar-refractivity contribution in [1.82, 2.24) is 15.5 Å². The van der Waals surface area contributed by atoms with Gasteiger partial charge in [0.1, 0.15) is 0 Å². The molecule has 1 aromatic carbocycles. The van der Waals surface area contributed by atoms with Crippen LogP contribution >= 0.6 is 0 Å². The molecule has 0 spiro atoms. The van der Waals surface area contributed by atoms with E-state index in [-0.39, 0.29) is 5.91 Å². The summed E-state index contributed by atoms with van der Waals surface area (Å²) in [4.78, 5) is 18.2. The fraction of sp³-hybridized carbons (Fsp3) is 0.529. The normalized spacial score (nSPS) is 15.5. The number of likely N-dealkylation sites (tertiary alicyclic amines) is 1. The molecular formula is C17H26N4O. The average Bonchev–Trinajstić information content (AvgIpc) is 2.57. The zero-order valence-corrected chi connectivity index (χ0v) is 13.6. The lowest BCUT2D eigenvalue weighted by atomic mass is 10.1. The van der Waals surface area contributed by atoms with Gasteiger partial charge in [0.15, 0.2) is 5.96 Å². The second kappa shape index (κ2) is 8.41. The number of aryl methyl sites for hydroxylation is 1. The van der Waals surface area contributed by atoms with E-state index in [9.17, 15) is 4.79 Å². The van der Waals surface area contributed by atoms with Crippen LogP contribution in [0.15, 0.2) is 29.3 Å². The molecule has 1 aliphatic rings. The number of nitrogens with zero attached hydrogens (tertiary/aromatic N) is 2. The van der Waals surface area contributed by atoms with Crippen molar-refractivity contribution in [2.75, 3.05) is 26.7 Å². The Morgan fingerprint density at radius 1 is 1.14 bits per heavy atom. The number of rotatable bonds is 4. The van der Waals surface area contributed by atoms with Gasteiger partial charge in [0.05, 0.1) is 6.54 Å². The lowest BCUT2D eigenvalue weighted by molar-refractivity contribution is -0.130. The zero-order valence-electron chi connectivity index (χ0n) is 13.6. The molecule has 2 N–H and O–H groups in total. The van der Waals surface area contributed by atoms with E-state index >= 15 is 0 Å². The van der Waals surface area contributed by atoms with Crippen molar-refractivity contribution >= 4 is 11.9 Å². The first kappa shape index (κ1) is 16.3. The van der Waals surface area contributed by atoms with E-state index < -0.39 is 0 Å². The third-order valence-electron chi connectivity index (χ3n) is 3.92. The quantitative estimate of drug-likeness (QED) is 0.657. The molecule has 5 heteroatoms. The first-order valence-electron chi connectivity index (χ1n) is 7.97. The summed E-state index contributed by atoms with van der Waals surface area (Å²) in [5.41, 5.74) is 2.44. The Balaban J connectivity index is 1.75. The minimum atomic E-state index is 0.151. The van der Waals surface area contributed by atoms with Crippen LogP contribution in [0.25, 0.3) is 0 Å². The van der Waals surface area contributed by atoms with Crippen molar-refractivity contribution in [3.05, 3.63) is 35.4 Å². The second-order valence-corrected chi connectivity index (χ2v) is 5.71. The number of guanidine groups is 1. The monoisotopic (exact) mass is 302 g/mol. The molecule has 1 heterocycles. The van der Waals surface area contributed by atoms with Gasteiger partial charge in [-0.15, -0.1) is 0 Å². The Morgan fingerprint density at radius 3 is 2.45 bits per heavy atom. The number of hydrogen-bond acceptors (Lipinski definition) is 2. The van der Waals surface area contributed by atoms with Gasteiger partial charge in [0, 0.05) is 26.7 Å². The SMILES string of the molecule is CN=C(NCC(=O)N1CCCCC1)NCc1ccc(C)cc1.